The summed E-state index contributed by atoms with van der Waals surface area (Å²) in [6, 6.07) is 8.29. The fourth-order valence-electron chi connectivity index (χ4n) is 3.12. The summed E-state index contributed by atoms with van der Waals surface area (Å²) in [5, 5.41) is 3.23. The van der Waals surface area contributed by atoms with Gasteiger partial charge in [0.1, 0.15) is 5.75 Å². The van der Waals surface area contributed by atoms with Gasteiger partial charge in [0.25, 0.3) is 0 Å². The Morgan fingerprint density at radius 3 is 2.61 bits per heavy atom. The average molecular weight is 341 g/mol. The van der Waals surface area contributed by atoms with Crippen LogP contribution >= 0.6 is 12.4 Å². The van der Waals surface area contributed by atoms with Gasteiger partial charge < -0.3 is 15.8 Å². The maximum absolute atomic E-state index is 12.5. The predicted molar refractivity (Wildman–Crippen MR) is 96.0 cm³/mol. The Morgan fingerprint density at radius 2 is 2.04 bits per heavy atom. The van der Waals surface area contributed by atoms with Gasteiger partial charge in [-0.15, -0.1) is 12.4 Å². The second-order valence-corrected chi connectivity index (χ2v) is 6.65. The number of hydrogen-bond donors (Lipinski definition) is 2. The average Bonchev–Trinajstić information content (AvgIpc) is 2.93. The van der Waals surface area contributed by atoms with Crippen LogP contribution in [-0.4, -0.2) is 25.1 Å². The minimum Gasteiger partial charge on any atom is -0.496 e. The molecule has 0 bridgehead atoms. The number of carbonyl (C=O) groups is 1. The van der Waals surface area contributed by atoms with Gasteiger partial charge in [0, 0.05) is 18.0 Å². The van der Waals surface area contributed by atoms with E-state index in [9.17, 15) is 4.79 Å². The van der Waals surface area contributed by atoms with Crippen LogP contribution in [0.3, 0.4) is 0 Å². The molecule has 3 atom stereocenters. The molecule has 1 saturated carbocycles. The Morgan fingerprint density at radius 1 is 1.35 bits per heavy atom. The lowest BCUT2D eigenvalue weighted by atomic mass is 9.94. The molecule has 0 aliphatic heterocycles. The smallest absolute Gasteiger partial charge is 0.223 e. The van der Waals surface area contributed by atoms with E-state index in [1.54, 1.807) is 7.11 Å². The number of nitrogens with one attached hydrogen (secondary N) is 1. The Labute approximate surface area is 145 Å². The number of nitrogens with two attached hydrogens (primary N) is 1. The van der Waals surface area contributed by atoms with E-state index in [1.165, 1.54) is 0 Å². The lowest BCUT2D eigenvalue weighted by molar-refractivity contribution is -0.125. The topological polar surface area (TPSA) is 64.3 Å². The summed E-state index contributed by atoms with van der Waals surface area (Å²) < 4.78 is 5.42. The third kappa shape index (κ3) is 5.40. The molecule has 5 heteroatoms. The van der Waals surface area contributed by atoms with E-state index >= 15 is 0 Å². The van der Waals surface area contributed by atoms with Gasteiger partial charge in [-0.1, -0.05) is 32.0 Å². The van der Waals surface area contributed by atoms with E-state index in [0.717, 1.165) is 37.0 Å². The Balaban J connectivity index is 0.00000264. The number of methoxy groups -OCH3 is 1. The minimum absolute atomic E-state index is 0. The van der Waals surface area contributed by atoms with Crippen LogP contribution in [0.15, 0.2) is 24.3 Å². The molecule has 1 fully saturated rings. The molecular weight excluding hydrogens is 312 g/mol. The molecule has 3 unspecified atom stereocenters. The van der Waals surface area contributed by atoms with Gasteiger partial charge >= 0.3 is 0 Å². The first-order valence-electron chi connectivity index (χ1n) is 8.19. The molecule has 1 amide bonds. The SMILES string of the molecule is COc1ccccc1CC(NC(=O)C1CCC(N)C1)C(C)C.Cl. The highest BCUT2D eigenvalue weighted by molar-refractivity contribution is 5.85. The van der Waals surface area contributed by atoms with Crippen molar-refractivity contribution in [3.05, 3.63) is 29.8 Å². The second-order valence-electron chi connectivity index (χ2n) is 6.65. The van der Waals surface area contributed by atoms with Crippen molar-refractivity contribution in [3.63, 3.8) is 0 Å². The van der Waals surface area contributed by atoms with Crippen LogP contribution in [0, 0.1) is 11.8 Å². The zero-order chi connectivity index (χ0) is 16.1. The van der Waals surface area contributed by atoms with Gasteiger partial charge in [-0.3, -0.25) is 4.79 Å². The summed E-state index contributed by atoms with van der Waals surface area (Å²) in [6.07, 6.45) is 3.46. The number of carbonyl (C=O) groups excluding carboxylic acids is 1. The zero-order valence-corrected chi connectivity index (χ0v) is 15.1. The number of rotatable bonds is 6. The fraction of sp³-hybridized carbons (Fsp3) is 0.611. The number of benzene rings is 1. The van der Waals surface area contributed by atoms with Crippen molar-refractivity contribution in [2.45, 2.75) is 51.6 Å². The van der Waals surface area contributed by atoms with E-state index in [-0.39, 0.29) is 36.3 Å². The molecule has 2 rings (SSSR count). The van der Waals surface area contributed by atoms with Crippen LogP contribution in [-0.2, 0) is 11.2 Å². The van der Waals surface area contributed by atoms with Crippen molar-refractivity contribution in [2.75, 3.05) is 7.11 Å². The van der Waals surface area contributed by atoms with Crippen molar-refractivity contribution >= 4 is 18.3 Å². The molecule has 3 N–H and O–H groups in total. The summed E-state index contributed by atoms with van der Waals surface area (Å²) in [6.45, 7) is 4.28. The van der Waals surface area contributed by atoms with Crippen molar-refractivity contribution in [1.29, 1.82) is 0 Å². The highest BCUT2D eigenvalue weighted by Crippen LogP contribution is 2.25. The van der Waals surface area contributed by atoms with Gasteiger partial charge in [-0.25, -0.2) is 0 Å². The monoisotopic (exact) mass is 340 g/mol. The zero-order valence-electron chi connectivity index (χ0n) is 14.2. The second kappa shape index (κ2) is 9.14. The van der Waals surface area contributed by atoms with Gasteiger partial charge in [0.2, 0.25) is 5.91 Å². The van der Waals surface area contributed by atoms with Crippen LogP contribution in [0.5, 0.6) is 5.75 Å². The van der Waals surface area contributed by atoms with Crippen LogP contribution in [0.25, 0.3) is 0 Å². The first-order chi connectivity index (χ1) is 10.5. The fourth-order valence-corrected chi connectivity index (χ4v) is 3.12. The Hall–Kier alpha value is -1.26. The van der Waals surface area contributed by atoms with Crippen LogP contribution in [0.1, 0.15) is 38.7 Å². The summed E-state index contributed by atoms with van der Waals surface area (Å²) in [4.78, 5) is 12.5. The lowest BCUT2D eigenvalue weighted by Crippen LogP contribution is -2.43. The normalized spacial score (nSPS) is 21.6. The molecule has 1 aliphatic carbocycles. The molecule has 1 aromatic carbocycles. The minimum atomic E-state index is 0. The maximum Gasteiger partial charge on any atom is 0.223 e. The number of hydrogen-bond acceptors (Lipinski definition) is 3. The number of ether oxygens (including phenoxy) is 1. The molecule has 4 nitrogen and oxygen atoms in total. The van der Waals surface area contributed by atoms with Crippen molar-refractivity contribution in [2.24, 2.45) is 17.6 Å². The summed E-state index contributed by atoms with van der Waals surface area (Å²) in [5.41, 5.74) is 7.05. The summed E-state index contributed by atoms with van der Waals surface area (Å²) in [7, 11) is 1.68. The molecule has 0 saturated heterocycles. The van der Waals surface area contributed by atoms with Gasteiger partial charge in [-0.05, 0) is 43.2 Å². The van der Waals surface area contributed by atoms with Crippen molar-refractivity contribution in [3.8, 4) is 5.75 Å². The first kappa shape index (κ1) is 19.8. The van der Waals surface area contributed by atoms with E-state index in [1.807, 2.05) is 18.2 Å². The van der Waals surface area contributed by atoms with Gasteiger partial charge in [0.05, 0.1) is 7.11 Å². The molecular formula is C18H29ClN2O2. The van der Waals surface area contributed by atoms with Crippen LogP contribution in [0.2, 0.25) is 0 Å². The van der Waals surface area contributed by atoms with Crippen LogP contribution < -0.4 is 15.8 Å². The van der Waals surface area contributed by atoms with Crippen molar-refractivity contribution in [1.82, 2.24) is 5.32 Å². The third-order valence-corrected chi connectivity index (χ3v) is 4.61. The molecule has 23 heavy (non-hydrogen) atoms. The van der Waals surface area contributed by atoms with E-state index in [0.29, 0.717) is 5.92 Å². The maximum atomic E-state index is 12.5. The molecule has 0 heterocycles. The number of para-hydroxylation sites is 1. The molecule has 1 aromatic rings. The molecule has 130 valence electrons. The third-order valence-electron chi connectivity index (χ3n) is 4.61. The summed E-state index contributed by atoms with van der Waals surface area (Å²) in [5.74, 6) is 1.48. The highest BCUT2D eigenvalue weighted by atomic mass is 35.5. The molecule has 1 aliphatic rings. The number of amides is 1. The molecule has 0 spiro atoms. The van der Waals surface area contributed by atoms with E-state index in [2.05, 4.69) is 25.2 Å². The highest BCUT2D eigenvalue weighted by Gasteiger charge is 2.29. The van der Waals surface area contributed by atoms with E-state index in [4.69, 9.17) is 10.5 Å². The standard InChI is InChI=1S/C18H28N2O2.ClH/c1-12(2)16(11-13-6-4-5-7-17(13)22-3)20-18(21)14-8-9-15(19)10-14;/h4-7,12,14-16H,8-11,19H2,1-3H3,(H,20,21);1H. The predicted octanol–water partition coefficient (Wildman–Crippen LogP) is 2.93. The molecule has 0 radical (unpaired) electrons. The van der Waals surface area contributed by atoms with Gasteiger partial charge in [0.15, 0.2) is 0 Å². The van der Waals surface area contributed by atoms with Crippen molar-refractivity contribution < 1.29 is 9.53 Å². The van der Waals surface area contributed by atoms with Crippen LogP contribution in [0.4, 0.5) is 0 Å². The van der Waals surface area contributed by atoms with Gasteiger partial charge in [-0.2, -0.15) is 0 Å². The van der Waals surface area contributed by atoms with E-state index < -0.39 is 0 Å². The molecule has 0 aromatic heterocycles. The Kier molecular flexibility index (Phi) is 7.86. The quantitative estimate of drug-likeness (QED) is 0.836. The first-order valence-corrected chi connectivity index (χ1v) is 8.19. The lowest BCUT2D eigenvalue weighted by Gasteiger charge is -2.25. The summed E-state index contributed by atoms with van der Waals surface area (Å²) >= 11 is 0. The largest absolute Gasteiger partial charge is 0.496 e. The number of halogens is 1. The Bertz CT molecular complexity index is 508.